The van der Waals surface area contributed by atoms with Crippen molar-refractivity contribution in [3.8, 4) is 11.5 Å². The maximum atomic E-state index is 6.12. The molecule has 0 amide bonds. The molecular formula is C13H10ClN3O2. The number of rotatable bonds is 3. The van der Waals surface area contributed by atoms with E-state index in [1.54, 1.807) is 24.5 Å². The lowest BCUT2D eigenvalue weighted by Gasteiger charge is -2.01. The van der Waals surface area contributed by atoms with E-state index in [4.69, 9.17) is 21.1 Å². The first-order valence-corrected chi connectivity index (χ1v) is 6.00. The molecule has 1 aliphatic rings. The van der Waals surface area contributed by atoms with Gasteiger partial charge in [-0.3, -0.25) is 5.43 Å². The molecule has 96 valence electrons. The topological polar surface area (TPSA) is 55.7 Å². The first kappa shape index (κ1) is 11.8. The van der Waals surface area contributed by atoms with E-state index >= 15 is 0 Å². The standard InChI is InChI=1S/C13H10ClN3O2/c14-10-6-12-11(18-8-19-12)5-9(10)7-16-17-13-3-1-2-4-15-13/h1-7H,8H2,(H,15,17). The second kappa shape index (κ2) is 5.16. The molecule has 0 radical (unpaired) electrons. The molecule has 2 heterocycles. The fourth-order valence-corrected chi connectivity index (χ4v) is 1.83. The van der Waals surface area contributed by atoms with Crippen LogP contribution in [0.15, 0.2) is 41.6 Å². The summed E-state index contributed by atoms with van der Waals surface area (Å²) in [7, 11) is 0. The third-order valence-electron chi connectivity index (χ3n) is 2.54. The minimum Gasteiger partial charge on any atom is -0.454 e. The fourth-order valence-electron chi connectivity index (χ4n) is 1.63. The van der Waals surface area contributed by atoms with Gasteiger partial charge in [0.1, 0.15) is 5.82 Å². The highest BCUT2D eigenvalue weighted by Crippen LogP contribution is 2.36. The summed E-state index contributed by atoms with van der Waals surface area (Å²) < 4.78 is 10.5. The summed E-state index contributed by atoms with van der Waals surface area (Å²) in [5.41, 5.74) is 3.56. The molecule has 0 saturated heterocycles. The molecule has 0 spiro atoms. The first-order valence-electron chi connectivity index (χ1n) is 5.62. The molecule has 1 aromatic carbocycles. The van der Waals surface area contributed by atoms with Crippen molar-refractivity contribution in [3.05, 3.63) is 47.1 Å². The number of aromatic nitrogens is 1. The van der Waals surface area contributed by atoms with E-state index in [1.807, 2.05) is 18.2 Å². The lowest BCUT2D eigenvalue weighted by atomic mass is 10.2. The molecular weight excluding hydrogens is 266 g/mol. The van der Waals surface area contributed by atoms with Gasteiger partial charge in [-0.1, -0.05) is 17.7 Å². The van der Waals surface area contributed by atoms with Crippen LogP contribution in [0.5, 0.6) is 11.5 Å². The lowest BCUT2D eigenvalue weighted by molar-refractivity contribution is 0.174. The van der Waals surface area contributed by atoms with Crippen molar-refractivity contribution < 1.29 is 9.47 Å². The second-order valence-electron chi connectivity index (χ2n) is 3.81. The predicted octanol–water partition coefficient (Wildman–Crippen LogP) is 2.91. The Kier molecular flexibility index (Phi) is 3.20. The van der Waals surface area contributed by atoms with E-state index in [9.17, 15) is 0 Å². The van der Waals surface area contributed by atoms with Crippen molar-refractivity contribution in [3.63, 3.8) is 0 Å². The molecule has 3 rings (SSSR count). The van der Waals surface area contributed by atoms with Crippen LogP contribution < -0.4 is 14.9 Å². The van der Waals surface area contributed by atoms with Gasteiger partial charge in [-0.05, 0) is 18.2 Å². The predicted molar refractivity (Wildman–Crippen MR) is 73.0 cm³/mol. The average molecular weight is 276 g/mol. The quantitative estimate of drug-likeness (QED) is 0.691. The summed E-state index contributed by atoms with van der Waals surface area (Å²) in [5, 5.41) is 4.63. The Morgan fingerprint density at radius 3 is 2.89 bits per heavy atom. The Morgan fingerprint density at radius 2 is 2.11 bits per heavy atom. The molecule has 0 bridgehead atoms. The molecule has 2 aromatic rings. The van der Waals surface area contributed by atoms with Crippen LogP contribution >= 0.6 is 11.6 Å². The van der Waals surface area contributed by atoms with E-state index in [0.29, 0.717) is 22.3 Å². The fraction of sp³-hybridized carbons (Fsp3) is 0.0769. The number of hydrogen-bond acceptors (Lipinski definition) is 5. The maximum absolute atomic E-state index is 6.12. The van der Waals surface area contributed by atoms with Crippen molar-refractivity contribution in [1.29, 1.82) is 0 Å². The van der Waals surface area contributed by atoms with Crippen LogP contribution in [0.1, 0.15) is 5.56 Å². The van der Waals surface area contributed by atoms with Crippen LogP contribution in [0.25, 0.3) is 0 Å². The van der Waals surface area contributed by atoms with Gasteiger partial charge in [-0.15, -0.1) is 0 Å². The smallest absolute Gasteiger partial charge is 0.231 e. The van der Waals surface area contributed by atoms with Gasteiger partial charge in [0, 0.05) is 17.8 Å². The number of benzene rings is 1. The van der Waals surface area contributed by atoms with Crippen LogP contribution in [-0.2, 0) is 0 Å². The largest absolute Gasteiger partial charge is 0.454 e. The van der Waals surface area contributed by atoms with Gasteiger partial charge in [-0.25, -0.2) is 4.98 Å². The van der Waals surface area contributed by atoms with E-state index in [2.05, 4.69) is 15.5 Å². The van der Waals surface area contributed by atoms with E-state index in [-0.39, 0.29) is 6.79 Å². The molecule has 0 fully saturated rings. The number of anilines is 1. The average Bonchev–Trinajstić information content (AvgIpc) is 2.87. The van der Waals surface area contributed by atoms with Crippen LogP contribution in [0, 0.1) is 0 Å². The highest BCUT2D eigenvalue weighted by atomic mass is 35.5. The number of fused-ring (bicyclic) bond motifs is 1. The van der Waals surface area contributed by atoms with Crippen molar-refractivity contribution >= 4 is 23.6 Å². The Labute approximate surface area is 114 Å². The van der Waals surface area contributed by atoms with Crippen LogP contribution in [0.4, 0.5) is 5.82 Å². The Morgan fingerprint density at radius 1 is 1.26 bits per heavy atom. The zero-order chi connectivity index (χ0) is 13.1. The summed E-state index contributed by atoms with van der Waals surface area (Å²) in [6.07, 6.45) is 3.30. The zero-order valence-corrected chi connectivity index (χ0v) is 10.6. The van der Waals surface area contributed by atoms with Crippen molar-refractivity contribution in [2.75, 3.05) is 12.2 Å². The number of halogens is 1. The van der Waals surface area contributed by atoms with E-state index < -0.39 is 0 Å². The number of pyridine rings is 1. The van der Waals surface area contributed by atoms with Gasteiger partial charge >= 0.3 is 0 Å². The highest BCUT2D eigenvalue weighted by Gasteiger charge is 2.15. The van der Waals surface area contributed by atoms with Crippen molar-refractivity contribution in [2.45, 2.75) is 0 Å². The SMILES string of the molecule is Clc1cc2c(cc1C=NNc1ccccn1)OCO2. The van der Waals surface area contributed by atoms with E-state index in [0.717, 1.165) is 5.56 Å². The molecule has 5 nitrogen and oxygen atoms in total. The summed E-state index contributed by atoms with van der Waals surface area (Å²) in [4.78, 5) is 4.09. The zero-order valence-electron chi connectivity index (χ0n) is 9.84. The third kappa shape index (κ3) is 2.61. The normalized spacial score (nSPS) is 12.9. The molecule has 6 heteroatoms. The van der Waals surface area contributed by atoms with Gasteiger partial charge in [0.2, 0.25) is 6.79 Å². The molecule has 1 aliphatic heterocycles. The Balaban J connectivity index is 1.76. The molecule has 0 aliphatic carbocycles. The molecule has 0 unspecified atom stereocenters. The van der Waals surface area contributed by atoms with Gasteiger partial charge in [0.25, 0.3) is 0 Å². The Hall–Kier alpha value is -2.27. The number of nitrogens with zero attached hydrogens (tertiary/aromatic N) is 2. The van der Waals surface area contributed by atoms with Gasteiger partial charge in [-0.2, -0.15) is 5.10 Å². The minimum atomic E-state index is 0.221. The molecule has 19 heavy (non-hydrogen) atoms. The van der Waals surface area contributed by atoms with Gasteiger partial charge in [0.05, 0.1) is 11.2 Å². The second-order valence-corrected chi connectivity index (χ2v) is 4.22. The van der Waals surface area contributed by atoms with E-state index in [1.165, 1.54) is 0 Å². The first-order chi connectivity index (χ1) is 9.33. The molecule has 1 N–H and O–H groups in total. The summed E-state index contributed by atoms with van der Waals surface area (Å²) in [5.74, 6) is 1.99. The Bertz CT molecular complexity index is 617. The number of nitrogens with one attached hydrogen (secondary N) is 1. The lowest BCUT2D eigenvalue weighted by Crippen LogP contribution is -1.93. The third-order valence-corrected chi connectivity index (χ3v) is 2.87. The van der Waals surface area contributed by atoms with Gasteiger partial charge < -0.3 is 9.47 Å². The van der Waals surface area contributed by atoms with Crippen molar-refractivity contribution in [2.24, 2.45) is 5.10 Å². The monoisotopic (exact) mass is 275 g/mol. The van der Waals surface area contributed by atoms with Crippen molar-refractivity contribution in [1.82, 2.24) is 4.98 Å². The molecule has 0 saturated carbocycles. The number of ether oxygens (including phenoxy) is 2. The highest BCUT2D eigenvalue weighted by molar-refractivity contribution is 6.33. The maximum Gasteiger partial charge on any atom is 0.231 e. The summed E-state index contributed by atoms with van der Waals surface area (Å²) in [6.45, 7) is 0.221. The molecule has 0 atom stereocenters. The van der Waals surface area contributed by atoms with Crippen LogP contribution in [0.2, 0.25) is 5.02 Å². The summed E-state index contributed by atoms with van der Waals surface area (Å²) >= 11 is 6.12. The molecule has 1 aromatic heterocycles. The number of hydrazone groups is 1. The van der Waals surface area contributed by atoms with Gasteiger partial charge in [0.15, 0.2) is 11.5 Å². The summed E-state index contributed by atoms with van der Waals surface area (Å²) in [6, 6.07) is 9.03. The van der Waals surface area contributed by atoms with Crippen LogP contribution in [-0.4, -0.2) is 18.0 Å². The number of hydrogen-bond donors (Lipinski definition) is 1. The van der Waals surface area contributed by atoms with Crippen LogP contribution in [0.3, 0.4) is 0 Å². The minimum absolute atomic E-state index is 0.221.